The topological polar surface area (TPSA) is 61.7 Å². The molecule has 0 unspecified atom stereocenters. The predicted molar refractivity (Wildman–Crippen MR) is 261 cm³/mol. The molecule has 2 aromatic heterocycles. The zero-order chi connectivity index (χ0) is 41.4. The van der Waals surface area contributed by atoms with Crippen molar-refractivity contribution in [1.82, 2.24) is 15.3 Å². The van der Waals surface area contributed by atoms with Crippen molar-refractivity contribution in [3.8, 4) is 45.0 Å². The van der Waals surface area contributed by atoms with Gasteiger partial charge in [-0.3, -0.25) is 5.41 Å². The number of aromatic nitrogens is 2. The lowest BCUT2D eigenvalue weighted by atomic mass is 9.87. The molecule has 3 heterocycles. The first kappa shape index (κ1) is 37.0. The summed E-state index contributed by atoms with van der Waals surface area (Å²) in [7, 11) is 0. The summed E-state index contributed by atoms with van der Waals surface area (Å²) in [6, 6.07) is 73.5. The number of nitrogens with one attached hydrogen (secondary N) is 2. The van der Waals surface area contributed by atoms with Crippen molar-refractivity contribution < 1.29 is 0 Å². The van der Waals surface area contributed by atoms with Crippen molar-refractivity contribution in [1.29, 1.82) is 5.41 Å². The number of thiophene rings is 1. The van der Waals surface area contributed by atoms with E-state index in [2.05, 4.69) is 169 Å². The Morgan fingerprint density at radius 1 is 0.452 bits per heavy atom. The predicted octanol–water partition coefficient (Wildman–Crippen LogP) is 14.6. The fourth-order valence-corrected chi connectivity index (χ4v) is 9.68. The fraction of sp³-hybridized carbons (Fsp3) is 0. The van der Waals surface area contributed by atoms with E-state index in [0.29, 0.717) is 11.5 Å². The summed E-state index contributed by atoms with van der Waals surface area (Å²) in [5.41, 5.74) is 15.1. The molecule has 10 aromatic rings. The molecule has 0 atom stereocenters. The van der Waals surface area contributed by atoms with Gasteiger partial charge in [0.15, 0.2) is 5.82 Å². The second-order valence-corrected chi connectivity index (χ2v) is 16.4. The van der Waals surface area contributed by atoms with Crippen LogP contribution in [0.15, 0.2) is 212 Å². The van der Waals surface area contributed by atoms with Gasteiger partial charge < -0.3 is 5.32 Å². The van der Waals surface area contributed by atoms with Gasteiger partial charge in [0.2, 0.25) is 0 Å². The second kappa shape index (κ2) is 15.9. The molecule has 0 saturated heterocycles. The third-order valence-electron chi connectivity index (χ3n) is 11.6. The first-order valence-corrected chi connectivity index (χ1v) is 21.5. The van der Waals surface area contributed by atoms with Gasteiger partial charge in [-0.1, -0.05) is 200 Å². The third-order valence-corrected chi connectivity index (χ3v) is 12.8. The standard InChI is InChI=1S/C57H38N4S/c58-54(42-17-6-2-7-18-42)53(55-45-22-11-10-21-44(45)35-49(59-55)38-15-4-1-5-16-38)41-33-31-40(32-34-41)51-36-50(60-57(61-51)43-19-8-3-9-20-43)39-29-27-37(28-30-39)46-24-14-25-48-47-23-12-13-26-52(47)62-56(46)48/h1-36,58-59H/b55-53-,58-54?. The quantitative estimate of drug-likeness (QED) is 0.150. The van der Waals surface area contributed by atoms with Crippen LogP contribution in [-0.2, 0) is 0 Å². The van der Waals surface area contributed by atoms with Crippen molar-refractivity contribution in [3.63, 3.8) is 0 Å². The Bertz CT molecular complexity index is 3350. The summed E-state index contributed by atoms with van der Waals surface area (Å²) < 4.78 is 2.60. The SMILES string of the molecule is N=C(/C(=C1\NC(c2ccccc2)=Cc2ccccc21)c1ccc(-c2cc(-c3ccc(-c4cccc5c4sc4ccccc45)cc3)nc(-c3ccccc3)n2)cc1)c1ccccc1. The van der Waals surface area contributed by atoms with E-state index in [1.807, 2.05) is 65.9 Å². The molecule has 0 radical (unpaired) electrons. The van der Waals surface area contributed by atoms with E-state index in [1.54, 1.807) is 0 Å². The zero-order valence-electron chi connectivity index (χ0n) is 33.6. The molecule has 292 valence electrons. The van der Waals surface area contributed by atoms with Crippen molar-refractivity contribution in [3.05, 3.63) is 240 Å². The van der Waals surface area contributed by atoms with Gasteiger partial charge in [0, 0.05) is 59.3 Å². The molecule has 2 N–H and O–H groups in total. The van der Waals surface area contributed by atoms with E-state index < -0.39 is 0 Å². The highest BCUT2D eigenvalue weighted by Crippen LogP contribution is 2.41. The minimum atomic E-state index is 0.438. The number of hydrogen-bond acceptors (Lipinski definition) is 5. The molecular formula is C57H38N4S. The lowest BCUT2D eigenvalue weighted by Crippen LogP contribution is -2.20. The van der Waals surface area contributed by atoms with Crippen LogP contribution in [0.3, 0.4) is 0 Å². The summed E-state index contributed by atoms with van der Waals surface area (Å²) in [6.07, 6.45) is 2.19. The van der Waals surface area contributed by atoms with E-state index in [9.17, 15) is 5.41 Å². The average Bonchev–Trinajstić information content (AvgIpc) is 3.74. The summed E-state index contributed by atoms with van der Waals surface area (Å²) in [6.45, 7) is 0. The third kappa shape index (κ3) is 6.90. The maximum Gasteiger partial charge on any atom is 0.160 e. The van der Waals surface area contributed by atoms with Crippen LogP contribution in [0.2, 0.25) is 0 Å². The monoisotopic (exact) mass is 810 g/mol. The van der Waals surface area contributed by atoms with Crippen molar-refractivity contribution in [2.75, 3.05) is 0 Å². The van der Waals surface area contributed by atoms with Crippen molar-refractivity contribution >= 4 is 60.3 Å². The fourth-order valence-electron chi connectivity index (χ4n) is 8.44. The van der Waals surface area contributed by atoms with E-state index in [-0.39, 0.29) is 0 Å². The molecule has 0 amide bonds. The molecule has 0 aliphatic carbocycles. The lowest BCUT2D eigenvalue weighted by Gasteiger charge is -2.26. The van der Waals surface area contributed by atoms with Crippen LogP contribution in [0.25, 0.3) is 88.2 Å². The van der Waals surface area contributed by atoms with Gasteiger partial charge >= 0.3 is 0 Å². The molecule has 0 spiro atoms. The summed E-state index contributed by atoms with van der Waals surface area (Å²) in [4.78, 5) is 10.3. The van der Waals surface area contributed by atoms with Crippen molar-refractivity contribution in [2.45, 2.75) is 0 Å². The number of hydrogen-bond donors (Lipinski definition) is 2. The maximum atomic E-state index is 9.73. The minimum absolute atomic E-state index is 0.438. The van der Waals surface area contributed by atoms with E-state index in [0.717, 1.165) is 72.9 Å². The Hall–Kier alpha value is -7.99. The van der Waals surface area contributed by atoms with Crippen LogP contribution in [0.5, 0.6) is 0 Å². The Kier molecular flexibility index (Phi) is 9.49. The first-order valence-electron chi connectivity index (χ1n) is 20.7. The van der Waals surface area contributed by atoms with Gasteiger partial charge in [0.1, 0.15) is 0 Å². The summed E-state index contributed by atoms with van der Waals surface area (Å²) in [5, 5.41) is 16.1. The van der Waals surface area contributed by atoms with E-state index in [4.69, 9.17) is 9.97 Å². The molecule has 62 heavy (non-hydrogen) atoms. The van der Waals surface area contributed by atoms with Crippen molar-refractivity contribution in [2.24, 2.45) is 0 Å². The van der Waals surface area contributed by atoms with E-state index in [1.165, 1.54) is 31.3 Å². The largest absolute Gasteiger partial charge is 0.354 e. The number of rotatable bonds is 8. The van der Waals surface area contributed by atoms with Gasteiger partial charge in [-0.25, -0.2) is 9.97 Å². The van der Waals surface area contributed by atoms with Crippen LogP contribution in [0.4, 0.5) is 0 Å². The molecule has 1 aliphatic rings. The highest BCUT2D eigenvalue weighted by molar-refractivity contribution is 7.26. The molecular weight excluding hydrogens is 773 g/mol. The Balaban J connectivity index is 1.00. The van der Waals surface area contributed by atoms with Gasteiger partial charge in [-0.05, 0) is 46.0 Å². The molecule has 0 saturated carbocycles. The van der Waals surface area contributed by atoms with Gasteiger partial charge in [0.05, 0.1) is 22.8 Å². The molecule has 0 fully saturated rings. The number of allylic oxidation sites excluding steroid dienone is 1. The highest BCUT2D eigenvalue weighted by Gasteiger charge is 2.24. The van der Waals surface area contributed by atoms with Crippen LogP contribution < -0.4 is 5.32 Å². The maximum absolute atomic E-state index is 9.73. The smallest absolute Gasteiger partial charge is 0.160 e. The zero-order valence-corrected chi connectivity index (χ0v) is 34.4. The molecule has 0 bridgehead atoms. The first-order chi connectivity index (χ1) is 30.6. The Morgan fingerprint density at radius 3 is 1.74 bits per heavy atom. The van der Waals surface area contributed by atoms with Crippen LogP contribution in [0.1, 0.15) is 27.8 Å². The molecule has 8 aromatic carbocycles. The molecule has 1 aliphatic heterocycles. The van der Waals surface area contributed by atoms with Crippen LogP contribution >= 0.6 is 11.3 Å². The summed E-state index contributed by atoms with van der Waals surface area (Å²) >= 11 is 1.85. The normalized spacial score (nSPS) is 13.0. The van der Waals surface area contributed by atoms with Gasteiger partial charge in [0.25, 0.3) is 0 Å². The molecule has 4 nitrogen and oxygen atoms in total. The number of benzene rings is 8. The minimum Gasteiger partial charge on any atom is -0.354 e. The van der Waals surface area contributed by atoms with Gasteiger partial charge in [-0.15, -0.1) is 11.3 Å². The Labute approximate surface area is 364 Å². The second-order valence-electron chi connectivity index (χ2n) is 15.4. The van der Waals surface area contributed by atoms with E-state index >= 15 is 0 Å². The molecule has 5 heteroatoms. The number of nitrogens with zero attached hydrogens (tertiary/aromatic N) is 2. The molecule has 11 rings (SSSR count). The highest BCUT2D eigenvalue weighted by atomic mass is 32.1. The average molecular weight is 811 g/mol. The van der Waals surface area contributed by atoms with Crippen LogP contribution in [-0.4, -0.2) is 15.7 Å². The van der Waals surface area contributed by atoms with Crippen LogP contribution in [0, 0.1) is 5.41 Å². The van der Waals surface area contributed by atoms with Gasteiger partial charge in [-0.2, -0.15) is 0 Å². The lowest BCUT2D eigenvalue weighted by molar-refractivity contribution is 1.18. The Morgan fingerprint density at radius 2 is 1.02 bits per heavy atom. The number of fused-ring (bicyclic) bond motifs is 4. The summed E-state index contributed by atoms with van der Waals surface area (Å²) in [5.74, 6) is 0.665.